The molecule has 3 heteroatoms. The Labute approximate surface area is 105 Å². The summed E-state index contributed by atoms with van der Waals surface area (Å²) in [5.41, 5.74) is 9.94. The second kappa shape index (κ2) is 3.12. The predicted octanol–water partition coefficient (Wildman–Crippen LogP) is 2.67. The number of pyridine rings is 1. The number of nitrogens with two attached hydrogens (primary N) is 1. The molecule has 4 rings (SSSR count). The zero-order chi connectivity index (χ0) is 12.3. The number of rotatable bonds is 1. The summed E-state index contributed by atoms with van der Waals surface area (Å²) in [6.07, 6.45) is 5.98. The summed E-state index contributed by atoms with van der Waals surface area (Å²) >= 11 is 0. The van der Waals surface area contributed by atoms with Crippen LogP contribution in [0.1, 0.15) is 18.4 Å². The first kappa shape index (κ1) is 10.1. The van der Waals surface area contributed by atoms with E-state index in [2.05, 4.69) is 40.9 Å². The van der Waals surface area contributed by atoms with Crippen molar-refractivity contribution < 1.29 is 0 Å². The third kappa shape index (κ3) is 1.20. The average Bonchev–Trinajstić information content (AvgIpc) is 3.10. The summed E-state index contributed by atoms with van der Waals surface area (Å²) in [5.74, 6) is 0. The highest BCUT2D eigenvalue weighted by atomic mass is 14.9. The van der Waals surface area contributed by atoms with Crippen LogP contribution in [-0.2, 0) is 12.6 Å². The van der Waals surface area contributed by atoms with Crippen LogP contribution in [0.5, 0.6) is 0 Å². The summed E-state index contributed by atoms with van der Waals surface area (Å²) in [4.78, 5) is 4.24. The van der Waals surface area contributed by atoms with Gasteiger partial charge >= 0.3 is 0 Å². The van der Waals surface area contributed by atoms with Crippen molar-refractivity contribution in [1.29, 1.82) is 0 Å². The molecule has 0 spiro atoms. The van der Waals surface area contributed by atoms with Gasteiger partial charge in [-0.25, -0.2) is 0 Å². The van der Waals surface area contributed by atoms with Crippen LogP contribution in [0, 0.1) is 0 Å². The lowest BCUT2D eigenvalue weighted by molar-refractivity contribution is 0.741. The fourth-order valence-corrected chi connectivity index (χ4v) is 2.79. The normalized spacial score (nSPS) is 17.4. The van der Waals surface area contributed by atoms with E-state index in [1.165, 1.54) is 27.4 Å². The molecule has 1 aliphatic carbocycles. The second-order valence-electron chi connectivity index (χ2n) is 5.34. The Bertz CT molecular complexity index is 766. The molecule has 1 aliphatic rings. The van der Waals surface area contributed by atoms with E-state index in [4.69, 9.17) is 5.73 Å². The standard InChI is InChI=1S/C15H15N3/c1-18-13-3-2-10(15(16)5-6-15)8-11(13)12-9-17-7-4-14(12)18/h2-4,7-9H,5-6,16H2,1H3. The van der Waals surface area contributed by atoms with E-state index in [1.807, 2.05) is 12.4 Å². The Kier molecular flexibility index (Phi) is 1.75. The zero-order valence-electron chi connectivity index (χ0n) is 10.4. The Morgan fingerprint density at radius 3 is 2.72 bits per heavy atom. The zero-order valence-corrected chi connectivity index (χ0v) is 10.4. The first-order chi connectivity index (χ1) is 8.69. The van der Waals surface area contributed by atoms with Crippen LogP contribution < -0.4 is 5.73 Å². The molecular formula is C15H15N3. The van der Waals surface area contributed by atoms with Crippen LogP contribution in [0.4, 0.5) is 0 Å². The van der Waals surface area contributed by atoms with Gasteiger partial charge in [-0.3, -0.25) is 4.98 Å². The van der Waals surface area contributed by atoms with E-state index in [0.29, 0.717) is 0 Å². The van der Waals surface area contributed by atoms with Crippen LogP contribution in [-0.4, -0.2) is 9.55 Å². The monoisotopic (exact) mass is 237 g/mol. The number of aromatic nitrogens is 2. The van der Waals surface area contributed by atoms with Gasteiger partial charge in [0.15, 0.2) is 0 Å². The SMILES string of the molecule is Cn1c2ccncc2c2cc(C3(N)CC3)ccc21. The van der Waals surface area contributed by atoms with Gasteiger partial charge in [-0.2, -0.15) is 0 Å². The van der Waals surface area contributed by atoms with Gasteiger partial charge in [0.1, 0.15) is 0 Å². The van der Waals surface area contributed by atoms with E-state index >= 15 is 0 Å². The fourth-order valence-electron chi connectivity index (χ4n) is 2.79. The summed E-state index contributed by atoms with van der Waals surface area (Å²) in [5, 5.41) is 2.47. The largest absolute Gasteiger partial charge is 0.344 e. The molecule has 90 valence electrons. The summed E-state index contributed by atoms with van der Waals surface area (Å²) in [6, 6.07) is 8.65. The molecule has 3 nitrogen and oxygen atoms in total. The first-order valence-corrected chi connectivity index (χ1v) is 6.31. The van der Waals surface area contributed by atoms with Gasteiger partial charge in [-0.1, -0.05) is 6.07 Å². The van der Waals surface area contributed by atoms with Gasteiger partial charge in [-0.15, -0.1) is 0 Å². The molecule has 1 fully saturated rings. The van der Waals surface area contributed by atoms with Crippen molar-refractivity contribution in [2.75, 3.05) is 0 Å². The molecule has 2 aromatic heterocycles. The topological polar surface area (TPSA) is 43.8 Å². The average molecular weight is 237 g/mol. The van der Waals surface area contributed by atoms with Crippen molar-refractivity contribution in [2.45, 2.75) is 18.4 Å². The minimum Gasteiger partial charge on any atom is -0.344 e. The highest BCUT2D eigenvalue weighted by Gasteiger charge is 2.40. The summed E-state index contributed by atoms with van der Waals surface area (Å²) in [7, 11) is 2.10. The summed E-state index contributed by atoms with van der Waals surface area (Å²) in [6.45, 7) is 0. The Balaban J connectivity index is 2.12. The molecule has 0 bridgehead atoms. The van der Waals surface area contributed by atoms with Crippen LogP contribution in [0.25, 0.3) is 21.8 Å². The maximum Gasteiger partial charge on any atom is 0.0519 e. The Hall–Kier alpha value is -1.87. The smallest absolute Gasteiger partial charge is 0.0519 e. The number of aryl methyl sites for hydroxylation is 1. The molecule has 2 N–H and O–H groups in total. The van der Waals surface area contributed by atoms with Crippen molar-refractivity contribution in [3.63, 3.8) is 0 Å². The van der Waals surface area contributed by atoms with Crippen LogP contribution in [0.15, 0.2) is 36.7 Å². The third-order valence-corrected chi connectivity index (χ3v) is 4.17. The molecule has 0 aliphatic heterocycles. The minimum atomic E-state index is -0.0709. The van der Waals surface area contributed by atoms with Crippen molar-refractivity contribution >= 4 is 21.8 Å². The number of nitrogens with zero attached hydrogens (tertiary/aromatic N) is 2. The van der Waals surface area contributed by atoms with E-state index < -0.39 is 0 Å². The van der Waals surface area contributed by atoms with Crippen LogP contribution in [0.3, 0.4) is 0 Å². The van der Waals surface area contributed by atoms with Crippen molar-refractivity contribution in [3.8, 4) is 0 Å². The number of hydrogen-bond acceptors (Lipinski definition) is 2. The van der Waals surface area contributed by atoms with Crippen molar-refractivity contribution in [1.82, 2.24) is 9.55 Å². The molecule has 0 saturated heterocycles. The van der Waals surface area contributed by atoms with Gasteiger partial charge < -0.3 is 10.3 Å². The van der Waals surface area contributed by atoms with Crippen LogP contribution >= 0.6 is 0 Å². The van der Waals surface area contributed by atoms with Gasteiger partial charge in [-0.05, 0) is 36.6 Å². The molecule has 0 unspecified atom stereocenters. The maximum atomic E-state index is 6.29. The maximum absolute atomic E-state index is 6.29. The van der Waals surface area contributed by atoms with E-state index in [1.54, 1.807) is 0 Å². The summed E-state index contributed by atoms with van der Waals surface area (Å²) < 4.78 is 2.21. The lowest BCUT2D eigenvalue weighted by Gasteiger charge is -2.09. The third-order valence-electron chi connectivity index (χ3n) is 4.17. The van der Waals surface area contributed by atoms with Gasteiger partial charge in [0.2, 0.25) is 0 Å². The van der Waals surface area contributed by atoms with Crippen molar-refractivity contribution in [2.24, 2.45) is 12.8 Å². The van der Waals surface area contributed by atoms with E-state index in [0.717, 1.165) is 12.8 Å². The molecule has 18 heavy (non-hydrogen) atoms. The molecule has 1 aromatic carbocycles. The van der Waals surface area contributed by atoms with E-state index in [-0.39, 0.29) is 5.54 Å². The molecule has 3 aromatic rings. The molecule has 0 atom stereocenters. The number of hydrogen-bond donors (Lipinski definition) is 1. The van der Waals surface area contributed by atoms with Gasteiger partial charge in [0.25, 0.3) is 0 Å². The molecule has 2 heterocycles. The highest BCUT2D eigenvalue weighted by molar-refractivity contribution is 6.07. The van der Waals surface area contributed by atoms with Gasteiger partial charge in [0, 0.05) is 41.3 Å². The van der Waals surface area contributed by atoms with Crippen molar-refractivity contribution in [3.05, 3.63) is 42.2 Å². The number of fused-ring (bicyclic) bond motifs is 3. The second-order valence-corrected chi connectivity index (χ2v) is 5.34. The van der Waals surface area contributed by atoms with Gasteiger partial charge in [0.05, 0.1) is 5.52 Å². The predicted molar refractivity (Wildman–Crippen MR) is 73.3 cm³/mol. The Morgan fingerprint density at radius 1 is 1.17 bits per heavy atom. The molecular weight excluding hydrogens is 222 g/mol. The lowest BCUT2D eigenvalue weighted by atomic mass is 10.0. The molecule has 0 amide bonds. The van der Waals surface area contributed by atoms with E-state index in [9.17, 15) is 0 Å². The highest BCUT2D eigenvalue weighted by Crippen LogP contribution is 2.44. The fraction of sp³-hybridized carbons (Fsp3) is 0.267. The number of benzene rings is 1. The lowest BCUT2D eigenvalue weighted by Crippen LogP contribution is -2.18. The van der Waals surface area contributed by atoms with Crippen LogP contribution in [0.2, 0.25) is 0 Å². The minimum absolute atomic E-state index is 0.0709. The quantitative estimate of drug-likeness (QED) is 0.707. The molecule has 0 radical (unpaired) electrons. The molecule has 1 saturated carbocycles. The first-order valence-electron chi connectivity index (χ1n) is 6.31. The Morgan fingerprint density at radius 2 is 1.94 bits per heavy atom.